The van der Waals surface area contributed by atoms with Gasteiger partial charge in [-0.1, -0.05) is 18.0 Å². The van der Waals surface area contributed by atoms with E-state index in [0.29, 0.717) is 46.9 Å². The number of aliphatic hydroxyl groups is 1. The molecule has 0 aliphatic carbocycles. The molecule has 3 rings (SSSR count). The molecular weight excluding hydrogens is 462 g/mol. The lowest BCUT2D eigenvalue weighted by molar-refractivity contribution is -0.140. The van der Waals surface area contributed by atoms with Crippen LogP contribution in [0.15, 0.2) is 48.0 Å². The van der Waals surface area contributed by atoms with Crippen LogP contribution in [0.2, 0.25) is 5.02 Å². The summed E-state index contributed by atoms with van der Waals surface area (Å²) in [5.41, 5.74) is 0.766. The summed E-state index contributed by atoms with van der Waals surface area (Å²) in [5.74, 6) is -1.85. The minimum atomic E-state index is -0.916. The fourth-order valence-corrected chi connectivity index (χ4v) is 4.11. The highest BCUT2D eigenvalue weighted by molar-refractivity contribution is 6.46. The number of carbonyl (C=O) groups excluding carboxylic acids is 2. The van der Waals surface area contributed by atoms with Crippen molar-refractivity contribution in [1.29, 1.82) is 0 Å². The first-order valence-electron chi connectivity index (χ1n) is 10.8. The zero-order valence-corrected chi connectivity index (χ0v) is 19.7. The van der Waals surface area contributed by atoms with Gasteiger partial charge in [-0.3, -0.25) is 14.4 Å². The first-order chi connectivity index (χ1) is 16.3. The summed E-state index contributed by atoms with van der Waals surface area (Å²) in [7, 11) is 2.97. The highest BCUT2D eigenvalue weighted by atomic mass is 35.5. The van der Waals surface area contributed by atoms with Crippen LogP contribution >= 0.6 is 11.6 Å². The Morgan fingerprint density at radius 2 is 1.71 bits per heavy atom. The van der Waals surface area contributed by atoms with Gasteiger partial charge in [0, 0.05) is 29.1 Å². The third-order valence-electron chi connectivity index (χ3n) is 5.68. The molecule has 8 nitrogen and oxygen atoms in total. The molecule has 0 aromatic heterocycles. The maximum absolute atomic E-state index is 13.1. The van der Waals surface area contributed by atoms with Crippen molar-refractivity contribution in [2.75, 3.05) is 20.8 Å². The molecule has 0 saturated carbocycles. The van der Waals surface area contributed by atoms with Crippen molar-refractivity contribution in [3.05, 3.63) is 64.2 Å². The SMILES string of the molecule is COc1ccc(OC)c(C2/C(=C(/O)c3ccc(Cl)cc3)C(=O)C(=O)N2CCCCCC(=O)O)c1. The average Bonchev–Trinajstić information content (AvgIpc) is 3.08. The van der Waals surface area contributed by atoms with E-state index >= 15 is 0 Å². The minimum absolute atomic E-state index is 0.0303. The molecule has 1 amide bonds. The second-order valence-corrected chi connectivity index (χ2v) is 8.25. The van der Waals surface area contributed by atoms with Gasteiger partial charge in [0.2, 0.25) is 0 Å². The molecule has 2 aromatic rings. The molecule has 1 unspecified atom stereocenters. The number of aliphatic carboxylic acids is 1. The number of benzene rings is 2. The Morgan fingerprint density at radius 1 is 1.00 bits per heavy atom. The van der Waals surface area contributed by atoms with E-state index in [9.17, 15) is 19.5 Å². The van der Waals surface area contributed by atoms with Gasteiger partial charge in [0.1, 0.15) is 17.3 Å². The van der Waals surface area contributed by atoms with Crippen molar-refractivity contribution in [3.63, 3.8) is 0 Å². The molecule has 2 aromatic carbocycles. The molecule has 0 bridgehead atoms. The molecule has 1 saturated heterocycles. The van der Waals surface area contributed by atoms with Crippen molar-refractivity contribution < 1.29 is 34.1 Å². The summed E-state index contributed by atoms with van der Waals surface area (Å²) in [4.78, 5) is 38.4. The number of rotatable bonds is 10. The molecule has 1 aliphatic rings. The molecule has 1 aliphatic heterocycles. The van der Waals surface area contributed by atoms with Gasteiger partial charge in [0.15, 0.2) is 0 Å². The number of hydrogen-bond donors (Lipinski definition) is 2. The van der Waals surface area contributed by atoms with Crippen LogP contribution in [0.5, 0.6) is 11.5 Å². The summed E-state index contributed by atoms with van der Waals surface area (Å²) < 4.78 is 10.8. The second kappa shape index (κ2) is 11.1. The van der Waals surface area contributed by atoms with E-state index in [2.05, 4.69) is 0 Å². The molecule has 1 atom stereocenters. The summed E-state index contributed by atoms with van der Waals surface area (Å²) >= 11 is 5.96. The number of unbranched alkanes of at least 4 members (excludes halogenated alkanes) is 2. The Balaban J connectivity index is 2.08. The summed E-state index contributed by atoms with van der Waals surface area (Å²) in [5, 5.41) is 20.4. The van der Waals surface area contributed by atoms with Crippen LogP contribution < -0.4 is 9.47 Å². The molecule has 1 heterocycles. The number of halogens is 1. The van der Waals surface area contributed by atoms with Gasteiger partial charge in [-0.05, 0) is 55.3 Å². The van der Waals surface area contributed by atoms with Gasteiger partial charge >= 0.3 is 5.97 Å². The van der Waals surface area contributed by atoms with E-state index < -0.39 is 23.7 Å². The topological polar surface area (TPSA) is 113 Å². The van der Waals surface area contributed by atoms with Gasteiger partial charge in [0.05, 0.1) is 25.8 Å². The van der Waals surface area contributed by atoms with Gasteiger partial charge in [-0.25, -0.2) is 0 Å². The van der Waals surface area contributed by atoms with E-state index in [1.807, 2.05) is 0 Å². The molecule has 2 N–H and O–H groups in total. The molecule has 0 spiro atoms. The van der Waals surface area contributed by atoms with Crippen LogP contribution in [-0.2, 0) is 14.4 Å². The van der Waals surface area contributed by atoms with Crippen molar-refractivity contribution >= 4 is 35.0 Å². The fourth-order valence-electron chi connectivity index (χ4n) is 3.99. The zero-order valence-electron chi connectivity index (χ0n) is 18.9. The average molecular weight is 488 g/mol. The van der Waals surface area contributed by atoms with Crippen LogP contribution in [0.3, 0.4) is 0 Å². The second-order valence-electron chi connectivity index (χ2n) is 7.81. The number of ketones is 1. The Morgan fingerprint density at radius 3 is 2.32 bits per heavy atom. The number of carboxylic acids is 1. The van der Waals surface area contributed by atoms with E-state index in [4.69, 9.17) is 26.2 Å². The maximum Gasteiger partial charge on any atom is 0.303 e. The first kappa shape index (κ1) is 25.1. The van der Waals surface area contributed by atoms with Crippen LogP contribution in [0.4, 0.5) is 0 Å². The number of ether oxygens (including phenoxy) is 2. The smallest absolute Gasteiger partial charge is 0.303 e. The molecular formula is C25H26ClNO7. The monoisotopic (exact) mass is 487 g/mol. The van der Waals surface area contributed by atoms with Gasteiger partial charge in [-0.2, -0.15) is 0 Å². The van der Waals surface area contributed by atoms with Crippen LogP contribution in [-0.4, -0.2) is 53.5 Å². The molecule has 9 heteroatoms. The third-order valence-corrected chi connectivity index (χ3v) is 5.93. The number of Topliss-reactive ketones (excluding diaryl/α,β-unsaturated/α-hetero) is 1. The largest absolute Gasteiger partial charge is 0.507 e. The molecule has 34 heavy (non-hydrogen) atoms. The fraction of sp³-hybridized carbons (Fsp3) is 0.320. The summed E-state index contributed by atoms with van der Waals surface area (Å²) in [6, 6.07) is 10.4. The van der Waals surface area contributed by atoms with Crippen molar-refractivity contribution in [2.45, 2.75) is 31.7 Å². The van der Waals surface area contributed by atoms with Crippen molar-refractivity contribution in [2.24, 2.45) is 0 Å². The van der Waals surface area contributed by atoms with E-state index in [0.717, 1.165) is 0 Å². The number of carboxylic acid groups (broad SMARTS) is 1. The Kier molecular flexibility index (Phi) is 8.17. The quantitative estimate of drug-likeness (QED) is 0.220. The van der Waals surface area contributed by atoms with Gasteiger partial charge < -0.3 is 24.6 Å². The molecule has 180 valence electrons. The van der Waals surface area contributed by atoms with Crippen LogP contribution in [0.25, 0.3) is 5.76 Å². The number of carbonyl (C=O) groups is 3. The van der Waals surface area contributed by atoms with E-state index in [1.54, 1.807) is 42.5 Å². The lowest BCUT2D eigenvalue weighted by Crippen LogP contribution is -2.31. The number of likely N-dealkylation sites (tertiary alicyclic amines) is 1. The highest BCUT2D eigenvalue weighted by Crippen LogP contribution is 2.44. The zero-order chi connectivity index (χ0) is 24.8. The van der Waals surface area contributed by atoms with Crippen LogP contribution in [0.1, 0.15) is 42.9 Å². The minimum Gasteiger partial charge on any atom is -0.507 e. The van der Waals surface area contributed by atoms with E-state index in [-0.39, 0.29) is 24.3 Å². The summed E-state index contributed by atoms with van der Waals surface area (Å²) in [6.45, 7) is 0.201. The highest BCUT2D eigenvalue weighted by Gasteiger charge is 2.47. The van der Waals surface area contributed by atoms with Gasteiger partial charge in [0.25, 0.3) is 11.7 Å². The molecule has 0 radical (unpaired) electrons. The number of methoxy groups -OCH3 is 2. The Bertz CT molecular complexity index is 1110. The third kappa shape index (κ3) is 5.34. The Labute approximate surface area is 202 Å². The van der Waals surface area contributed by atoms with Crippen molar-refractivity contribution in [1.82, 2.24) is 4.90 Å². The number of amides is 1. The Hall–Kier alpha value is -3.52. The number of hydrogen-bond acceptors (Lipinski definition) is 6. The first-order valence-corrected chi connectivity index (χ1v) is 11.1. The standard InChI is InChI=1S/C25H26ClNO7/c1-33-17-11-12-19(34-2)18(14-17)22-21(23(30)15-7-9-16(26)10-8-15)24(31)25(32)27(22)13-5-3-4-6-20(28)29/h7-12,14,22,30H,3-6,13H2,1-2H3,(H,28,29)/b23-21-. The molecule has 1 fully saturated rings. The lowest BCUT2D eigenvalue weighted by Gasteiger charge is -2.27. The predicted molar refractivity (Wildman–Crippen MR) is 126 cm³/mol. The summed E-state index contributed by atoms with van der Waals surface area (Å²) in [6.07, 6.45) is 1.54. The predicted octanol–water partition coefficient (Wildman–Crippen LogP) is 4.42. The normalized spacial score (nSPS) is 17.1. The maximum atomic E-state index is 13.1. The van der Waals surface area contributed by atoms with Crippen LogP contribution in [0, 0.1) is 0 Å². The van der Waals surface area contributed by atoms with E-state index in [1.165, 1.54) is 19.1 Å². The van der Waals surface area contributed by atoms with Gasteiger partial charge in [-0.15, -0.1) is 0 Å². The number of aliphatic hydroxyl groups excluding tert-OH is 1. The number of nitrogens with zero attached hydrogens (tertiary/aromatic N) is 1. The lowest BCUT2D eigenvalue weighted by atomic mass is 9.94. The van der Waals surface area contributed by atoms with Crippen molar-refractivity contribution in [3.8, 4) is 11.5 Å².